The third-order valence-corrected chi connectivity index (χ3v) is 3.49. The van der Waals surface area contributed by atoms with Crippen molar-refractivity contribution in [1.29, 1.82) is 0 Å². The molecule has 2 unspecified atom stereocenters. The van der Waals surface area contributed by atoms with Gasteiger partial charge in [-0.1, -0.05) is 6.92 Å². The number of rotatable bonds is 5. The zero-order chi connectivity index (χ0) is 12.0. The van der Waals surface area contributed by atoms with Gasteiger partial charge < -0.3 is 9.64 Å². The number of nitrogens with zero attached hydrogens (tertiary/aromatic N) is 1. The SMILES string of the molecule is COC(=O)CC(C)S(=O)CC(=O)N(C)C. The summed E-state index contributed by atoms with van der Waals surface area (Å²) in [6, 6.07) is 0. The van der Waals surface area contributed by atoms with Gasteiger partial charge in [-0.25, -0.2) is 0 Å². The molecular weight excluding hydrogens is 218 g/mol. The van der Waals surface area contributed by atoms with Crippen LogP contribution in [-0.4, -0.2) is 53.2 Å². The Balaban J connectivity index is 4.10. The van der Waals surface area contributed by atoms with Gasteiger partial charge in [0.05, 0.1) is 13.5 Å². The highest BCUT2D eigenvalue weighted by atomic mass is 32.2. The van der Waals surface area contributed by atoms with E-state index >= 15 is 0 Å². The van der Waals surface area contributed by atoms with Gasteiger partial charge in [0.25, 0.3) is 0 Å². The van der Waals surface area contributed by atoms with E-state index in [1.165, 1.54) is 12.0 Å². The number of esters is 1. The van der Waals surface area contributed by atoms with Crippen LogP contribution in [0, 0.1) is 0 Å². The van der Waals surface area contributed by atoms with Crippen LogP contribution in [0.15, 0.2) is 0 Å². The smallest absolute Gasteiger partial charge is 0.306 e. The van der Waals surface area contributed by atoms with Crippen molar-refractivity contribution in [2.24, 2.45) is 0 Å². The quantitative estimate of drug-likeness (QED) is 0.618. The van der Waals surface area contributed by atoms with E-state index < -0.39 is 16.8 Å². The molecule has 88 valence electrons. The molecule has 0 aliphatic rings. The molecule has 0 bridgehead atoms. The molecule has 0 N–H and O–H groups in total. The van der Waals surface area contributed by atoms with Crippen molar-refractivity contribution in [3.8, 4) is 0 Å². The monoisotopic (exact) mass is 235 g/mol. The van der Waals surface area contributed by atoms with Crippen LogP contribution in [0.2, 0.25) is 0 Å². The Morgan fingerprint density at radius 1 is 1.40 bits per heavy atom. The molecule has 0 aliphatic heterocycles. The number of carbonyl (C=O) groups excluding carboxylic acids is 2. The van der Waals surface area contributed by atoms with Gasteiger partial charge >= 0.3 is 5.97 Å². The van der Waals surface area contributed by atoms with E-state index in [-0.39, 0.29) is 23.3 Å². The topological polar surface area (TPSA) is 63.7 Å². The second-order valence-corrected chi connectivity index (χ2v) is 5.26. The maximum atomic E-state index is 11.6. The minimum absolute atomic E-state index is 0.0504. The van der Waals surface area contributed by atoms with Crippen LogP contribution in [0.25, 0.3) is 0 Å². The Bertz CT molecular complexity index is 265. The summed E-state index contributed by atoms with van der Waals surface area (Å²) >= 11 is 0. The maximum absolute atomic E-state index is 11.6. The van der Waals surface area contributed by atoms with E-state index in [2.05, 4.69) is 4.74 Å². The largest absolute Gasteiger partial charge is 0.469 e. The van der Waals surface area contributed by atoms with Gasteiger partial charge in [-0.3, -0.25) is 13.8 Å². The molecule has 0 aromatic carbocycles. The Hall–Kier alpha value is -0.910. The van der Waals surface area contributed by atoms with Gasteiger partial charge in [0, 0.05) is 30.1 Å². The van der Waals surface area contributed by atoms with Crippen molar-refractivity contribution in [1.82, 2.24) is 4.90 Å². The van der Waals surface area contributed by atoms with Crippen LogP contribution in [0.5, 0.6) is 0 Å². The van der Waals surface area contributed by atoms with Crippen molar-refractivity contribution in [2.75, 3.05) is 27.0 Å². The van der Waals surface area contributed by atoms with Crippen LogP contribution in [0.4, 0.5) is 0 Å². The standard InChI is InChI=1S/C9H17NO4S/c1-7(5-9(12)14-4)15(13)6-8(11)10(2)3/h7H,5-6H2,1-4H3. The number of methoxy groups -OCH3 is 1. The minimum atomic E-state index is -1.33. The molecule has 0 aliphatic carbocycles. The van der Waals surface area contributed by atoms with Gasteiger partial charge in [0.1, 0.15) is 5.75 Å². The Labute approximate surface area is 92.2 Å². The summed E-state index contributed by atoms with van der Waals surface area (Å²) in [4.78, 5) is 23.5. The summed E-state index contributed by atoms with van der Waals surface area (Å²) in [5.74, 6) is -0.663. The van der Waals surface area contributed by atoms with E-state index in [9.17, 15) is 13.8 Å². The first kappa shape index (κ1) is 14.1. The molecule has 0 heterocycles. The number of hydrogen-bond donors (Lipinski definition) is 0. The van der Waals surface area contributed by atoms with E-state index in [0.29, 0.717) is 0 Å². The van der Waals surface area contributed by atoms with Crippen LogP contribution in [0.3, 0.4) is 0 Å². The van der Waals surface area contributed by atoms with E-state index in [0.717, 1.165) is 0 Å². The van der Waals surface area contributed by atoms with Crippen molar-refractivity contribution in [2.45, 2.75) is 18.6 Å². The molecule has 0 spiro atoms. The van der Waals surface area contributed by atoms with Crippen molar-refractivity contribution >= 4 is 22.7 Å². The first-order chi connectivity index (χ1) is 6.88. The molecule has 5 nitrogen and oxygen atoms in total. The predicted molar refractivity (Wildman–Crippen MR) is 57.8 cm³/mol. The fourth-order valence-electron chi connectivity index (χ4n) is 0.804. The summed E-state index contributed by atoms with van der Waals surface area (Å²) in [5, 5.41) is -0.360. The summed E-state index contributed by atoms with van der Waals surface area (Å²) in [6.07, 6.45) is 0.0732. The third-order valence-electron chi connectivity index (χ3n) is 1.90. The molecule has 0 saturated carbocycles. The highest BCUT2D eigenvalue weighted by Crippen LogP contribution is 2.03. The van der Waals surface area contributed by atoms with Gasteiger partial charge in [-0.2, -0.15) is 0 Å². The number of carbonyl (C=O) groups is 2. The average molecular weight is 235 g/mol. The van der Waals surface area contributed by atoms with Crippen molar-refractivity contribution < 1.29 is 18.5 Å². The van der Waals surface area contributed by atoms with Crippen LogP contribution in [0.1, 0.15) is 13.3 Å². The number of ether oxygens (including phenoxy) is 1. The van der Waals surface area contributed by atoms with Crippen molar-refractivity contribution in [3.63, 3.8) is 0 Å². The Morgan fingerprint density at radius 2 is 1.93 bits per heavy atom. The highest BCUT2D eigenvalue weighted by Gasteiger charge is 2.19. The van der Waals surface area contributed by atoms with Gasteiger partial charge in [-0.15, -0.1) is 0 Å². The highest BCUT2D eigenvalue weighted by molar-refractivity contribution is 7.86. The molecule has 0 aromatic heterocycles. The van der Waals surface area contributed by atoms with Crippen molar-refractivity contribution in [3.05, 3.63) is 0 Å². The van der Waals surface area contributed by atoms with Crippen LogP contribution >= 0.6 is 0 Å². The molecule has 15 heavy (non-hydrogen) atoms. The third kappa shape index (κ3) is 5.51. The second kappa shape index (κ2) is 6.55. The van der Waals surface area contributed by atoms with E-state index in [4.69, 9.17) is 0 Å². The first-order valence-electron chi connectivity index (χ1n) is 4.52. The van der Waals surface area contributed by atoms with Gasteiger partial charge in [0.15, 0.2) is 0 Å². The fraction of sp³-hybridized carbons (Fsp3) is 0.778. The van der Waals surface area contributed by atoms with E-state index in [1.54, 1.807) is 21.0 Å². The Kier molecular flexibility index (Phi) is 6.15. The lowest BCUT2D eigenvalue weighted by atomic mass is 10.3. The zero-order valence-corrected chi connectivity index (χ0v) is 10.3. The predicted octanol–water partition coefficient (Wildman–Crippen LogP) is -0.225. The van der Waals surface area contributed by atoms with Crippen LogP contribution < -0.4 is 0 Å². The molecule has 2 atom stereocenters. The molecule has 0 fully saturated rings. The summed E-state index contributed by atoms with van der Waals surface area (Å²) in [5.41, 5.74) is 0. The summed E-state index contributed by atoms with van der Waals surface area (Å²) < 4.78 is 16.0. The van der Waals surface area contributed by atoms with Gasteiger partial charge in [0.2, 0.25) is 5.91 Å². The van der Waals surface area contributed by atoms with E-state index in [1.807, 2.05) is 0 Å². The number of hydrogen-bond acceptors (Lipinski definition) is 4. The normalized spacial score (nSPS) is 14.1. The average Bonchev–Trinajstić information content (AvgIpc) is 2.16. The fourth-order valence-corrected chi connectivity index (χ4v) is 1.91. The first-order valence-corrected chi connectivity index (χ1v) is 5.90. The van der Waals surface area contributed by atoms with Gasteiger partial charge in [-0.05, 0) is 0 Å². The molecule has 1 amide bonds. The number of amides is 1. The zero-order valence-electron chi connectivity index (χ0n) is 9.48. The summed E-state index contributed by atoms with van der Waals surface area (Å²) in [7, 11) is 3.15. The maximum Gasteiger partial charge on any atom is 0.306 e. The molecule has 0 radical (unpaired) electrons. The molecule has 0 rings (SSSR count). The molecule has 6 heteroatoms. The lowest BCUT2D eigenvalue weighted by Crippen LogP contribution is -2.30. The molecule has 0 saturated heterocycles. The second-order valence-electron chi connectivity index (χ2n) is 3.40. The van der Waals surface area contributed by atoms with Crippen LogP contribution in [-0.2, 0) is 25.1 Å². The summed E-state index contributed by atoms with van der Waals surface area (Å²) in [6.45, 7) is 1.66. The minimum Gasteiger partial charge on any atom is -0.469 e. The molecule has 0 aromatic rings. The lowest BCUT2D eigenvalue weighted by Gasteiger charge is -2.13. The lowest BCUT2D eigenvalue weighted by molar-refractivity contribution is -0.140. The Morgan fingerprint density at radius 3 is 2.33 bits per heavy atom. The molecular formula is C9H17NO4S.